The van der Waals surface area contributed by atoms with Crippen molar-refractivity contribution in [2.24, 2.45) is 21.3 Å². The molecule has 0 saturated heterocycles. The molecule has 31 heavy (non-hydrogen) atoms. The Morgan fingerprint density at radius 3 is 2.19 bits per heavy atom. The van der Waals surface area contributed by atoms with Crippen molar-refractivity contribution in [3.8, 4) is 0 Å². The standard InChI is InChI=1S/C25H36N2O3S/c1-17-7-9-19(10-8-17)31(29,30)27-26-20-13-22(2,3)11-18-12-24(6)14-23(4,5)15-25(28,16-24)21(18)20/h7-10,27-28H,11-16H2,1-6H3/b26-20-/t24-,25-/m1/s1. The van der Waals surface area contributed by atoms with Crippen LogP contribution in [0.2, 0.25) is 0 Å². The van der Waals surface area contributed by atoms with E-state index >= 15 is 0 Å². The van der Waals surface area contributed by atoms with Crippen molar-refractivity contribution in [3.63, 3.8) is 0 Å². The minimum atomic E-state index is -3.77. The molecular formula is C25H36N2O3S. The highest BCUT2D eigenvalue weighted by atomic mass is 32.2. The number of aliphatic hydroxyl groups is 1. The van der Waals surface area contributed by atoms with Gasteiger partial charge in [0.15, 0.2) is 0 Å². The SMILES string of the molecule is Cc1ccc(S(=O)(=O)N/N=C2/CC(C)(C)CC3=C2[C@@]2(O)CC(C)(C)C[C@@](C)(C3)C2)cc1. The van der Waals surface area contributed by atoms with Gasteiger partial charge in [0.2, 0.25) is 0 Å². The lowest BCUT2D eigenvalue weighted by atomic mass is 9.49. The van der Waals surface area contributed by atoms with Gasteiger partial charge >= 0.3 is 0 Å². The number of hydrogen-bond acceptors (Lipinski definition) is 4. The number of nitrogens with one attached hydrogen (secondary N) is 1. The topological polar surface area (TPSA) is 78.8 Å². The largest absolute Gasteiger partial charge is 0.385 e. The van der Waals surface area contributed by atoms with Crippen LogP contribution in [0.1, 0.15) is 78.7 Å². The fourth-order valence-electron chi connectivity index (χ4n) is 6.86. The third-order valence-electron chi connectivity index (χ3n) is 7.11. The maximum absolute atomic E-state index is 12.9. The second-order valence-corrected chi connectivity index (χ2v) is 13.8. The highest BCUT2D eigenvalue weighted by Crippen LogP contribution is 2.61. The average molecular weight is 445 g/mol. The number of hydrogen-bond donors (Lipinski definition) is 2. The van der Waals surface area contributed by atoms with E-state index in [9.17, 15) is 13.5 Å². The summed E-state index contributed by atoms with van der Waals surface area (Å²) >= 11 is 0. The van der Waals surface area contributed by atoms with Crippen molar-refractivity contribution >= 4 is 15.7 Å². The van der Waals surface area contributed by atoms with E-state index in [0.29, 0.717) is 25.0 Å². The van der Waals surface area contributed by atoms with Gasteiger partial charge in [-0.15, -0.1) is 0 Å². The molecular weight excluding hydrogens is 408 g/mol. The van der Waals surface area contributed by atoms with Crippen molar-refractivity contribution in [1.29, 1.82) is 0 Å². The van der Waals surface area contributed by atoms with E-state index in [1.807, 2.05) is 6.92 Å². The third-order valence-corrected chi connectivity index (χ3v) is 8.34. The fraction of sp³-hybridized carbons (Fsp3) is 0.640. The van der Waals surface area contributed by atoms with Crippen LogP contribution in [0.15, 0.2) is 45.4 Å². The molecule has 0 heterocycles. The van der Waals surface area contributed by atoms with Crippen LogP contribution in [-0.2, 0) is 10.0 Å². The Balaban J connectivity index is 1.76. The second kappa shape index (κ2) is 6.92. The van der Waals surface area contributed by atoms with Crippen molar-refractivity contribution in [1.82, 2.24) is 4.83 Å². The molecule has 1 aromatic rings. The van der Waals surface area contributed by atoms with Gasteiger partial charge in [-0.2, -0.15) is 18.4 Å². The first-order valence-corrected chi connectivity index (χ1v) is 12.7. The van der Waals surface area contributed by atoms with Crippen LogP contribution in [0.25, 0.3) is 0 Å². The molecule has 0 amide bonds. The van der Waals surface area contributed by atoms with Gasteiger partial charge in [-0.3, -0.25) is 0 Å². The van der Waals surface area contributed by atoms with E-state index < -0.39 is 15.6 Å². The molecule has 1 fully saturated rings. The molecule has 2 N–H and O–H groups in total. The molecule has 0 radical (unpaired) electrons. The van der Waals surface area contributed by atoms with Crippen molar-refractivity contribution in [3.05, 3.63) is 41.0 Å². The molecule has 5 nitrogen and oxygen atoms in total. The highest BCUT2D eigenvalue weighted by Gasteiger charge is 2.56. The van der Waals surface area contributed by atoms with Gasteiger partial charge in [0.25, 0.3) is 10.0 Å². The molecule has 1 aromatic carbocycles. The first kappa shape index (κ1) is 22.5. The number of rotatable bonds is 3. The zero-order valence-corrected chi connectivity index (χ0v) is 20.5. The Morgan fingerprint density at radius 1 is 0.903 bits per heavy atom. The molecule has 6 heteroatoms. The molecule has 4 rings (SSSR count). The van der Waals surface area contributed by atoms with Crippen LogP contribution in [0.4, 0.5) is 0 Å². The van der Waals surface area contributed by atoms with Gasteiger partial charge in [-0.25, -0.2) is 0 Å². The van der Waals surface area contributed by atoms with E-state index in [2.05, 4.69) is 44.6 Å². The zero-order chi connectivity index (χ0) is 22.9. The summed E-state index contributed by atoms with van der Waals surface area (Å²) < 4.78 is 25.7. The lowest BCUT2D eigenvalue weighted by Gasteiger charge is -2.57. The van der Waals surface area contributed by atoms with Crippen LogP contribution >= 0.6 is 0 Å². The lowest BCUT2D eigenvalue weighted by molar-refractivity contribution is -0.0754. The molecule has 170 valence electrons. The van der Waals surface area contributed by atoms with E-state index in [1.54, 1.807) is 24.3 Å². The van der Waals surface area contributed by atoms with Gasteiger partial charge in [0.05, 0.1) is 16.2 Å². The zero-order valence-electron chi connectivity index (χ0n) is 19.7. The van der Waals surface area contributed by atoms with Gasteiger partial charge in [0.1, 0.15) is 0 Å². The third kappa shape index (κ3) is 4.34. The summed E-state index contributed by atoms with van der Waals surface area (Å²) in [6.45, 7) is 13.1. The molecule has 0 spiro atoms. The number of benzene rings is 1. The number of fused-ring (bicyclic) bond motifs is 3. The first-order chi connectivity index (χ1) is 14.1. The van der Waals surface area contributed by atoms with Gasteiger partial charge in [-0.05, 0) is 73.8 Å². The predicted molar refractivity (Wildman–Crippen MR) is 124 cm³/mol. The van der Waals surface area contributed by atoms with Crippen LogP contribution in [0.5, 0.6) is 0 Å². The highest BCUT2D eigenvalue weighted by molar-refractivity contribution is 7.89. The normalized spacial score (nSPS) is 33.2. The van der Waals surface area contributed by atoms with Crippen LogP contribution in [-0.4, -0.2) is 24.8 Å². The summed E-state index contributed by atoms with van der Waals surface area (Å²) in [5.41, 5.74) is 2.98. The van der Waals surface area contributed by atoms with Gasteiger partial charge in [-0.1, -0.05) is 57.9 Å². The minimum Gasteiger partial charge on any atom is -0.385 e. The Bertz CT molecular complexity index is 1070. The Hall–Kier alpha value is -1.66. The molecule has 0 unspecified atom stereocenters. The number of allylic oxidation sites excluding steroid dienone is 1. The van der Waals surface area contributed by atoms with Crippen LogP contribution < -0.4 is 4.83 Å². The number of aryl methyl sites for hydroxylation is 1. The van der Waals surface area contributed by atoms with E-state index in [-0.39, 0.29) is 21.1 Å². The molecule has 1 saturated carbocycles. The fourth-order valence-corrected chi connectivity index (χ4v) is 7.69. The van der Waals surface area contributed by atoms with Gasteiger partial charge < -0.3 is 5.11 Å². The quantitative estimate of drug-likeness (QED) is 0.637. The van der Waals surface area contributed by atoms with E-state index in [1.165, 1.54) is 5.57 Å². The monoisotopic (exact) mass is 444 g/mol. The predicted octanol–water partition coefficient (Wildman–Crippen LogP) is 5.10. The van der Waals surface area contributed by atoms with Crippen molar-refractivity contribution in [2.75, 3.05) is 0 Å². The summed E-state index contributed by atoms with van der Waals surface area (Å²) in [6.07, 6.45) is 4.99. The molecule has 0 aromatic heterocycles. The molecule has 3 aliphatic rings. The minimum absolute atomic E-state index is 0.0269. The smallest absolute Gasteiger partial charge is 0.276 e. The van der Waals surface area contributed by atoms with Crippen molar-refractivity contribution < 1.29 is 13.5 Å². The van der Waals surface area contributed by atoms with E-state index in [0.717, 1.165) is 30.4 Å². The maximum atomic E-state index is 12.9. The van der Waals surface area contributed by atoms with E-state index in [4.69, 9.17) is 0 Å². The lowest BCUT2D eigenvalue weighted by Crippen LogP contribution is -2.54. The summed E-state index contributed by atoms with van der Waals surface area (Å²) in [7, 11) is -3.77. The second-order valence-electron chi connectivity index (χ2n) is 12.2. The Labute approximate surface area is 187 Å². The molecule has 0 aliphatic heterocycles. The molecule has 2 atom stereocenters. The summed E-state index contributed by atoms with van der Waals surface area (Å²) in [5, 5.41) is 16.4. The molecule has 3 aliphatic carbocycles. The van der Waals surface area contributed by atoms with Gasteiger partial charge in [0, 0.05) is 5.57 Å². The number of sulfonamides is 1. The Morgan fingerprint density at radius 2 is 1.55 bits per heavy atom. The maximum Gasteiger partial charge on any atom is 0.276 e. The first-order valence-electron chi connectivity index (χ1n) is 11.2. The van der Waals surface area contributed by atoms with Crippen LogP contribution in [0.3, 0.4) is 0 Å². The summed E-state index contributed by atoms with van der Waals surface area (Å²) in [4.78, 5) is 2.67. The summed E-state index contributed by atoms with van der Waals surface area (Å²) in [5.74, 6) is 0. The average Bonchev–Trinajstić information content (AvgIpc) is 2.55. The summed E-state index contributed by atoms with van der Waals surface area (Å²) in [6, 6.07) is 6.74. The number of nitrogens with zero attached hydrogens (tertiary/aromatic N) is 1. The number of hydrazone groups is 1. The van der Waals surface area contributed by atoms with Crippen molar-refractivity contribution in [2.45, 2.75) is 90.6 Å². The van der Waals surface area contributed by atoms with Crippen LogP contribution in [0, 0.1) is 23.2 Å². The Kier molecular flexibility index (Phi) is 5.03. The molecule has 2 bridgehead atoms.